The minimum absolute atomic E-state index is 0.00823. The van der Waals surface area contributed by atoms with E-state index in [1.54, 1.807) is 11.0 Å². The van der Waals surface area contributed by atoms with Gasteiger partial charge in [-0.05, 0) is 11.8 Å². The average molecular weight is 357 g/mol. The number of carbonyl (C=O) groups excluding carboxylic acids is 1. The maximum absolute atomic E-state index is 12.2. The molecule has 1 amide bonds. The molecule has 0 unspecified atom stereocenters. The Morgan fingerprint density at radius 1 is 1.33 bits per heavy atom. The predicted molar refractivity (Wildman–Crippen MR) is 91.0 cm³/mol. The van der Waals surface area contributed by atoms with Crippen molar-refractivity contribution >= 4 is 15.7 Å². The van der Waals surface area contributed by atoms with Crippen molar-refractivity contribution in [2.75, 3.05) is 31.6 Å². The molecule has 0 aliphatic carbocycles. The quantitative estimate of drug-likeness (QED) is 0.691. The molecule has 0 aromatic carbocycles. The molecule has 0 spiro atoms. The topological polar surface area (TPSA) is 97.2 Å². The lowest BCUT2D eigenvalue weighted by Crippen LogP contribution is -2.42. The van der Waals surface area contributed by atoms with Crippen LogP contribution in [-0.2, 0) is 21.2 Å². The van der Waals surface area contributed by atoms with Gasteiger partial charge in [0.15, 0.2) is 0 Å². The van der Waals surface area contributed by atoms with Crippen LogP contribution < -0.4 is 5.32 Å². The normalized spacial score (nSPS) is 22.2. The lowest BCUT2D eigenvalue weighted by molar-refractivity contribution is -0.122. The molecular formula is C15H27N5O3S. The molecule has 1 fully saturated rings. The second-order valence-electron chi connectivity index (χ2n) is 6.88. The summed E-state index contributed by atoms with van der Waals surface area (Å²) < 4.78 is 24.3. The van der Waals surface area contributed by atoms with Gasteiger partial charge in [0.05, 0.1) is 12.3 Å². The van der Waals surface area contributed by atoms with Gasteiger partial charge in [0.2, 0.25) is 5.91 Å². The number of amides is 1. The molecule has 1 aromatic rings. The SMILES string of the molecule is CC(C)[C@H]1CN(CCS(C)(=O)=O)C[C@@H]1NC(=O)CCn1cncn1. The summed E-state index contributed by atoms with van der Waals surface area (Å²) in [6.07, 6.45) is 4.65. The van der Waals surface area contributed by atoms with Crippen LogP contribution >= 0.6 is 0 Å². The molecule has 136 valence electrons. The number of aromatic nitrogens is 3. The zero-order chi connectivity index (χ0) is 17.7. The van der Waals surface area contributed by atoms with Crippen LogP contribution in [0.5, 0.6) is 0 Å². The maximum Gasteiger partial charge on any atom is 0.222 e. The van der Waals surface area contributed by atoms with E-state index in [4.69, 9.17) is 0 Å². The van der Waals surface area contributed by atoms with Gasteiger partial charge < -0.3 is 5.32 Å². The molecule has 8 nitrogen and oxygen atoms in total. The summed E-state index contributed by atoms with van der Waals surface area (Å²) in [6, 6.07) is 0.0628. The van der Waals surface area contributed by atoms with Crippen LogP contribution in [0.2, 0.25) is 0 Å². The van der Waals surface area contributed by atoms with Crippen LogP contribution in [0, 0.1) is 11.8 Å². The minimum Gasteiger partial charge on any atom is -0.352 e. The molecule has 2 rings (SSSR count). The summed E-state index contributed by atoms with van der Waals surface area (Å²) in [7, 11) is -2.97. The first-order valence-electron chi connectivity index (χ1n) is 8.26. The Morgan fingerprint density at radius 3 is 2.67 bits per heavy atom. The molecule has 1 saturated heterocycles. The highest BCUT2D eigenvalue weighted by atomic mass is 32.2. The lowest BCUT2D eigenvalue weighted by Gasteiger charge is -2.23. The van der Waals surface area contributed by atoms with Gasteiger partial charge in [0.25, 0.3) is 0 Å². The van der Waals surface area contributed by atoms with Crippen molar-refractivity contribution in [3.05, 3.63) is 12.7 Å². The van der Waals surface area contributed by atoms with E-state index in [0.29, 0.717) is 37.9 Å². The Bertz CT molecular complexity index is 630. The summed E-state index contributed by atoms with van der Waals surface area (Å²) in [6.45, 7) is 6.82. The monoisotopic (exact) mass is 357 g/mol. The van der Waals surface area contributed by atoms with E-state index in [1.807, 2.05) is 0 Å². The van der Waals surface area contributed by atoms with Gasteiger partial charge in [-0.15, -0.1) is 0 Å². The van der Waals surface area contributed by atoms with Gasteiger partial charge in [-0.1, -0.05) is 13.8 Å². The third kappa shape index (κ3) is 5.86. The number of nitrogens with one attached hydrogen (secondary N) is 1. The molecule has 0 radical (unpaired) electrons. The fraction of sp³-hybridized carbons (Fsp3) is 0.800. The molecule has 0 bridgehead atoms. The molecule has 1 aliphatic rings. The van der Waals surface area contributed by atoms with E-state index in [2.05, 4.69) is 34.1 Å². The van der Waals surface area contributed by atoms with Crippen molar-refractivity contribution < 1.29 is 13.2 Å². The van der Waals surface area contributed by atoms with Crippen molar-refractivity contribution in [1.29, 1.82) is 0 Å². The maximum atomic E-state index is 12.2. The number of aryl methyl sites for hydroxylation is 1. The first kappa shape index (κ1) is 18.9. The molecular weight excluding hydrogens is 330 g/mol. The summed E-state index contributed by atoms with van der Waals surface area (Å²) in [4.78, 5) is 18.2. The third-order valence-corrected chi connectivity index (χ3v) is 5.38. The van der Waals surface area contributed by atoms with Crippen LogP contribution in [0.4, 0.5) is 0 Å². The Labute approximate surface area is 143 Å². The summed E-state index contributed by atoms with van der Waals surface area (Å²) >= 11 is 0. The number of likely N-dealkylation sites (tertiary alicyclic amines) is 1. The average Bonchev–Trinajstić information content (AvgIpc) is 3.11. The first-order valence-corrected chi connectivity index (χ1v) is 10.3. The van der Waals surface area contributed by atoms with Gasteiger partial charge in [0.1, 0.15) is 22.5 Å². The van der Waals surface area contributed by atoms with E-state index in [9.17, 15) is 13.2 Å². The predicted octanol–water partition coefficient (Wildman–Crippen LogP) is -0.215. The molecule has 2 heterocycles. The van der Waals surface area contributed by atoms with Crippen molar-refractivity contribution in [2.24, 2.45) is 11.8 Å². The third-order valence-electron chi connectivity index (χ3n) is 4.46. The van der Waals surface area contributed by atoms with Crippen LogP contribution in [0.25, 0.3) is 0 Å². The van der Waals surface area contributed by atoms with E-state index in [-0.39, 0.29) is 17.7 Å². The Hall–Kier alpha value is -1.48. The number of hydrogen-bond donors (Lipinski definition) is 1. The summed E-state index contributed by atoms with van der Waals surface area (Å²) in [5.74, 6) is 0.907. The van der Waals surface area contributed by atoms with Crippen molar-refractivity contribution in [3.63, 3.8) is 0 Å². The molecule has 1 aromatic heterocycles. The molecule has 24 heavy (non-hydrogen) atoms. The smallest absolute Gasteiger partial charge is 0.222 e. The van der Waals surface area contributed by atoms with Crippen LogP contribution in [0.15, 0.2) is 12.7 Å². The first-order chi connectivity index (χ1) is 11.2. The van der Waals surface area contributed by atoms with Crippen molar-refractivity contribution in [3.8, 4) is 0 Å². The number of rotatable bonds is 8. The number of sulfone groups is 1. The second kappa shape index (κ2) is 8.06. The van der Waals surface area contributed by atoms with Crippen molar-refractivity contribution in [2.45, 2.75) is 32.9 Å². The minimum atomic E-state index is -2.97. The summed E-state index contributed by atoms with van der Waals surface area (Å²) in [5.41, 5.74) is 0. The lowest BCUT2D eigenvalue weighted by atomic mass is 9.91. The zero-order valence-electron chi connectivity index (χ0n) is 14.6. The van der Waals surface area contributed by atoms with Gasteiger partial charge in [-0.25, -0.2) is 13.4 Å². The zero-order valence-corrected chi connectivity index (χ0v) is 15.4. The van der Waals surface area contributed by atoms with Gasteiger partial charge in [-0.3, -0.25) is 14.4 Å². The van der Waals surface area contributed by atoms with Crippen molar-refractivity contribution in [1.82, 2.24) is 25.0 Å². The largest absolute Gasteiger partial charge is 0.352 e. The Morgan fingerprint density at radius 2 is 2.08 bits per heavy atom. The molecule has 2 atom stereocenters. The van der Waals surface area contributed by atoms with E-state index in [1.165, 1.54) is 12.6 Å². The van der Waals surface area contributed by atoms with Crippen LogP contribution in [0.1, 0.15) is 20.3 Å². The fourth-order valence-electron chi connectivity index (χ4n) is 3.06. The Balaban J connectivity index is 1.85. The Kier molecular flexibility index (Phi) is 6.34. The highest BCUT2D eigenvalue weighted by Gasteiger charge is 2.35. The standard InChI is InChI=1S/C15H27N5O3S/c1-12(2)13-8-19(6-7-24(3,22)23)9-14(13)18-15(21)4-5-20-11-16-10-17-20/h10-14H,4-9H2,1-3H3,(H,18,21)/t13-,14+/m1/s1. The van der Waals surface area contributed by atoms with Crippen LogP contribution in [0.3, 0.4) is 0 Å². The molecule has 9 heteroatoms. The number of carbonyl (C=O) groups is 1. The highest BCUT2D eigenvalue weighted by Crippen LogP contribution is 2.24. The van der Waals surface area contributed by atoms with Crippen LogP contribution in [-0.4, -0.2) is 71.7 Å². The highest BCUT2D eigenvalue weighted by molar-refractivity contribution is 7.90. The fourth-order valence-corrected chi connectivity index (χ4v) is 3.65. The number of nitrogens with zero attached hydrogens (tertiary/aromatic N) is 4. The van der Waals surface area contributed by atoms with Gasteiger partial charge in [0, 0.05) is 38.4 Å². The van der Waals surface area contributed by atoms with Gasteiger partial charge in [-0.2, -0.15) is 5.10 Å². The number of hydrogen-bond acceptors (Lipinski definition) is 6. The molecule has 1 N–H and O–H groups in total. The molecule has 0 saturated carbocycles. The van der Waals surface area contributed by atoms with E-state index in [0.717, 1.165) is 6.54 Å². The van der Waals surface area contributed by atoms with E-state index < -0.39 is 9.84 Å². The molecule has 1 aliphatic heterocycles. The van der Waals surface area contributed by atoms with E-state index >= 15 is 0 Å². The summed E-state index contributed by atoms with van der Waals surface area (Å²) in [5, 5.41) is 7.09. The van der Waals surface area contributed by atoms with Gasteiger partial charge >= 0.3 is 0 Å². The second-order valence-corrected chi connectivity index (χ2v) is 9.14.